The molecule has 5 amide bonds. The predicted octanol–water partition coefficient (Wildman–Crippen LogP) is 3.52. The lowest BCUT2D eigenvalue weighted by molar-refractivity contribution is -0.120. The van der Waals surface area contributed by atoms with Crippen LogP contribution in [0.4, 0.5) is 37.8 Å². The number of carbonyl (C=O) groups is 4. The Morgan fingerprint density at radius 3 is 2.35 bits per heavy atom. The summed E-state index contributed by atoms with van der Waals surface area (Å²) in [5, 5.41) is 13.5. The lowest BCUT2D eigenvalue weighted by Crippen LogP contribution is -2.66. The Morgan fingerprint density at radius 2 is 1.62 bits per heavy atom. The Labute approximate surface area is 351 Å². The van der Waals surface area contributed by atoms with Crippen molar-refractivity contribution in [1.82, 2.24) is 39.9 Å². The van der Waals surface area contributed by atoms with Gasteiger partial charge < -0.3 is 25.3 Å². The van der Waals surface area contributed by atoms with Crippen LogP contribution in [0.1, 0.15) is 52.1 Å². The zero-order chi connectivity index (χ0) is 41.2. The summed E-state index contributed by atoms with van der Waals surface area (Å²) in [7, 11) is 1.82. The normalized spacial score (nSPS) is 22.9. The number of amides is 5. The first-order valence-corrected chi connectivity index (χ1v) is 21.4. The number of imide groups is 1. The first-order chi connectivity index (χ1) is 29.1. The number of anilines is 5. The molecule has 4 aromatic rings. The van der Waals surface area contributed by atoms with Gasteiger partial charge in [-0.15, -0.1) is 5.10 Å². The number of hydrogen-bond donors (Lipinski definition) is 3. The Bertz CT molecular complexity index is 2370. The molecular weight excluding hydrogens is 791 g/mol. The van der Waals surface area contributed by atoms with Crippen LogP contribution in [-0.4, -0.2) is 150 Å². The van der Waals surface area contributed by atoms with E-state index in [1.807, 2.05) is 18.0 Å². The molecule has 0 unspecified atom stereocenters. The van der Waals surface area contributed by atoms with Gasteiger partial charge in [-0.1, -0.05) is 17.7 Å². The van der Waals surface area contributed by atoms with Gasteiger partial charge in [0.2, 0.25) is 5.91 Å². The van der Waals surface area contributed by atoms with Crippen molar-refractivity contribution in [3.63, 3.8) is 0 Å². The largest absolute Gasteiger partial charge is 0.385 e. The highest BCUT2D eigenvalue weighted by Crippen LogP contribution is 2.41. The molecule has 4 saturated heterocycles. The molecule has 16 nitrogen and oxygen atoms in total. The molecule has 7 heterocycles. The van der Waals surface area contributed by atoms with Gasteiger partial charge in [-0.2, -0.15) is 0 Å². The zero-order valence-electron chi connectivity index (χ0n) is 33.4. The fourth-order valence-corrected chi connectivity index (χ4v) is 9.76. The number of benzene rings is 2. The number of piperazine rings is 1. The fraction of sp³-hybridized carbons (Fsp3) is 0.476. The number of alkyl halides is 1. The van der Waals surface area contributed by atoms with Crippen molar-refractivity contribution in [2.45, 2.75) is 56.4 Å². The number of hydrogen-bond acceptors (Lipinski definition) is 11. The van der Waals surface area contributed by atoms with E-state index in [-0.39, 0.29) is 36.4 Å². The number of rotatable bonds is 9. The molecule has 2 aromatic carbocycles. The minimum Gasteiger partial charge on any atom is -0.385 e. The van der Waals surface area contributed by atoms with E-state index in [4.69, 9.17) is 16.7 Å². The van der Waals surface area contributed by atoms with Gasteiger partial charge in [-0.25, -0.2) is 18.7 Å². The van der Waals surface area contributed by atoms with Crippen molar-refractivity contribution in [3.05, 3.63) is 70.5 Å². The smallest absolute Gasteiger partial charge is 0.328 e. The molecule has 3 N–H and O–H groups in total. The van der Waals surface area contributed by atoms with Crippen LogP contribution >= 0.6 is 11.6 Å². The Morgan fingerprint density at radius 1 is 0.867 bits per heavy atom. The van der Waals surface area contributed by atoms with E-state index in [1.54, 1.807) is 22.7 Å². The third kappa shape index (κ3) is 7.05. The number of urea groups is 1. The lowest BCUT2D eigenvalue weighted by atomic mass is 9.95. The number of carbonyl (C=O) groups excluding carboxylic acids is 4. The monoisotopic (exact) mass is 838 g/mol. The molecule has 0 radical (unpaired) electrons. The molecule has 5 aliphatic heterocycles. The summed E-state index contributed by atoms with van der Waals surface area (Å²) in [6.07, 6.45) is 3.72. The maximum atomic E-state index is 13.6. The molecule has 2 aromatic heterocycles. The third-order valence-electron chi connectivity index (χ3n) is 13.1. The molecule has 6 aliphatic rings. The molecule has 314 valence electrons. The molecule has 0 spiro atoms. The van der Waals surface area contributed by atoms with Crippen LogP contribution in [0.5, 0.6) is 0 Å². The van der Waals surface area contributed by atoms with Crippen LogP contribution in [0.15, 0.2) is 48.7 Å². The van der Waals surface area contributed by atoms with Gasteiger partial charge in [0.25, 0.3) is 11.8 Å². The maximum Gasteiger partial charge on any atom is 0.328 e. The molecule has 2 atom stereocenters. The topological polar surface area (TPSA) is 154 Å². The lowest BCUT2D eigenvalue weighted by Gasteiger charge is -2.52. The van der Waals surface area contributed by atoms with E-state index in [1.165, 1.54) is 22.3 Å². The van der Waals surface area contributed by atoms with Crippen LogP contribution in [0.3, 0.4) is 0 Å². The van der Waals surface area contributed by atoms with Crippen molar-refractivity contribution >= 4 is 69.6 Å². The number of fused-ring (bicyclic) bond motifs is 2. The van der Waals surface area contributed by atoms with Gasteiger partial charge in [0.1, 0.15) is 6.17 Å². The summed E-state index contributed by atoms with van der Waals surface area (Å²) in [4.78, 5) is 68.4. The van der Waals surface area contributed by atoms with E-state index in [0.717, 1.165) is 76.5 Å². The second kappa shape index (κ2) is 15.5. The summed E-state index contributed by atoms with van der Waals surface area (Å²) in [6.45, 7) is 8.28. The van der Waals surface area contributed by atoms with Crippen LogP contribution in [0, 0.1) is 0 Å². The summed E-state index contributed by atoms with van der Waals surface area (Å²) in [5.41, 5.74) is 6.15. The number of nitrogens with one attached hydrogen (secondary N) is 3. The number of piperidine rings is 1. The molecular formula is C42H48ClFN12O4. The SMILES string of the molecule is CNc1cc(N2CCc3c(N4CCN(C5CN(C6CCN(C(=O)c7ccc(Cl)c(N8CCC(=O)NC8=O)c7)CC6)C5)CC4)cccc32)nn2c(C(=O)N[C@@H]3C[C@@H]3F)cnc12. The average Bonchev–Trinajstić information content (AvgIpc) is 3.55. The van der Waals surface area contributed by atoms with E-state index >= 15 is 0 Å². The van der Waals surface area contributed by atoms with E-state index in [0.29, 0.717) is 59.3 Å². The first kappa shape index (κ1) is 38.7. The van der Waals surface area contributed by atoms with Crippen molar-refractivity contribution in [3.8, 4) is 0 Å². The van der Waals surface area contributed by atoms with Crippen molar-refractivity contribution < 1.29 is 23.6 Å². The second-order valence-corrected chi connectivity index (χ2v) is 17.0. The number of halogens is 2. The summed E-state index contributed by atoms with van der Waals surface area (Å²) in [6, 6.07) is 13.4. The highest BCUT2D eigenvalue weighted by atomic mass is 35.5. The summed E-state index contributed by atoms with van der Waals surface area (Å²) < 4.78 is 15.1. The Kier molecular flexibility index (Phi) is 9.99. The van der Waals surface area contributed by atoms with Crippen LogP contribution in [0.2, 0.25) is 5.02 Å². The van der Waals surface area contributed by atoms with Gasteiger partial charge in [0.05, 0.1) is 28.6 Å². The highest BCUT2D eigenvalue weighted by molar-refractivity contribution is 6.34. The van der Waals surface area contributed by atoms with E-state index in [2.05, 4.69) is 58.7 Å². The average molecular weight is 839 g/mol. The molecule has 1 saturated carbocycles. The molecule has 10 rings (SSSR count). The number of imidazole rings is 1. The zero-order valence-corrected chi connectivity index (χ0v) is 34.2. The van der Waals surface area contributed by atoms with Gasteiger partial charge in [0, 0.05) is 126 Å². The molecule has 18 heteroatoms. The quantitative estimate of drug-likeness (QED) is 0.227. The van der Waals surface area contributed by atoms with Crippen LogP contribution < -0.4 is 30.7 Å². The molecule has 0 bridgehead atoms. The van der Waals surface area contributed by atoms with Gasteiger partial charge in [0.15, 0.2) is 17.2 Å². The third-order valence-corrected chi connectivity index (χ3v) is 13.5. The number of aromatic nitrogens is 3. The van der Waals surface area contributed by atoms with Crippen molar-refractivity contribution in [2.24, 2.45) is 0 Å². The highest BCUT2D eigenvalue weighted by Gasteiger charge is 2.41. The number of likely N-dealkylation sites (tertiary alicyclic amines) is 2. The Balaban J connectivity index is 0.728. The first-order valence-electron chi connectivity index (χ1n) is 21.0. The minimum absolute atomic E-state index is 0.0746. The van der Waals surface area contributed by atoms with Crippen LogP contribution in [-0.2, 0) is 11.2 Å². The molecule has 1 aliphatic carbocycles. The predicted molar refractivity (Wildman–Crippen MR) is 225 cm³/mol. The molecule has 5 fully saturated rings. The standard InChI is InChI=1S/C42H48ClFN12O4/c1-45-32-21-37(49-56-36(22-46-39(32)56)40(58)47-31-20-30(31)44)54-13-9-28-33(3-2-4-34(28)54)51-17-15-50(16-18-51)27-23-53(24-27)26-7-11-52(12-8-26)41(59)25-5-6-29(43)35(19-25)55-14-10-38(57)48-42(55)60/h2-6,19,21-22,26-27,30-31,45H,7-18,20,23-24H2,1H3,(H,47,58)(H,48,57,60)/t30-,31+/m0/s1. The number of nitrogens with zero attached hydrogens (tertiary/aromatic N) is 9. The van der Waals surface area contributed by atoms with Gasteiger partial charge in [-0.05, 0) is 49.6 Å². The Hall–Kier alpha value is -5.52. The van der Waals surface area contributed by atoms with Gasteiger partial charge >= 0.3 is 6.03 Å². The van der Waals surface area contributed by atoms with Crippen LogP contribution in [0.25, 0.3) is 5.65 Å². The molecule has 60 heavy (non-hydrogen) atoms. The van der Waals surface area contributed by atoms with Gasteiger partial charge in [-0.3, -0.25) is 34.4 Å². The fourth-order valence-electron chi connectivity index (χ4n) is 9.54. The second-order valence-electron chi connectivity index (χ2n) is 16.6. The minimum atomic E-state index is -0.998. The summed E-state index contributed by atoms with van der Waals surface area (Å²) >= 11 is 6.42. The van der Waals surface area contributed by atoms with Crippen molar-refractivity contribution in [1.29, 1.82) is 0 Å². The van der Waals surface area contributed by atoms with E-state index < -0.39 is 18.2 Å². The maximum absolute atomic E-state index is 13.6. The van der Waals surface area contributed by atoms with E-state index in [9.17, 15) is 23.6 Å². The summed E-state index contributed by atoms with van der Waals surface area (Å²) in [5.74, 6) is -0.0701. The van der Waals surface area contributed by atoms with Crippen molar-refractivity contribution in [2.75, 3.05) is 92.5 Å².